The summed E-state index contributed by atoms with van der Waals surface area (Å²) < 4.78 is 11.9. The summed E-state index contributed by atoms with van der Waals surface area (Å²) >= 11 is 0. The van der Waals surface area contributed by atoms with Crippen molar-refractivity contribution in [1.29, 1.82) is 0 Å². The number of aliphatic hydroxyl groups excluding tert-OH is 1. The highest BCUT2D eigenvalue weighted by Crippen LogP contribution is 2.36. The fraction of sp³-hybridized carbons (Fsp3) is 0.455. The third-order valence-electron chi connectivity index (χ3n) is 5.02. The van der Waals surface area contributed by atoms with Crippen LogP contribution in [0.2, 0.25) is 0 Å². The first-order valence-electron chi connectivity index (χ1n) is 9.60. The van der Waals surface area contributed by atoms with E-state index >= 15 is 0 Å². The Morgan fingerprint density at radius 2 is 1.70 bits per heavy atom. The Morgan fingerprint density at radius 1 is 1.00 bits per heavy atom. The van der Waals surface area contributed by atoms with Crippen LogP contribution in [-0.4, -0.2) is 37.6 Å². The van der Waals surface area contributed by atoms with E-state index in [1.54, 1.807) is 7.11 Å². The van der Waals surface area contributed by atoms with E-state index in [1.807, 2.05) is 36.4 Å². The van der Waals surface area contributed by atoms with Gasteiger partial charge >= 0.3 is 0 Å². The molecule has 0 aliphatic carbocycles. The van der Waals surface area contributed by atoms with Crippen molar-refractivity contribution in [2.75, 3.05) is 20.3 Å². The molecule has 3 rings (SSSR count). The number of unbranched alkanes of at least 4 members (excludes halogenated alkanes) is 2. The maximum atomic E-state index is 9.60. The van der Waals surface area contributed by atoms with E-state index in [4.69, 9.17) is 14.3 Å². The summed E-state index contributed by atoms with van der Waals surface area (Å²) in [6, 6.07) is 20.4. The first-order valence-corrected chi connectivity index (χ1v) is 9.60. The van der Waals surface area contributed by atoms with Crippen LogP contribution in [0.1, 0.15) is 30.4 Å². The van der Waals surface area contributed by atoms with Crippen LogP contribution in [0.5, 0.6) is 0 Å². The summed E-state index contributed by atoms with van der Waals surface area (Å²) in [5, 5.41) is 9.60. The zero-order valence-electron chi connectivity index (χ0n) is 15.8. The first kappa shape index (κ1) is 20.0. The Bertz CT molecular complexity index is 667. The van der Waals surface area contributed by atoms with E-state index in [1.165, 1.54) is 5.56 Å². The third-order valence-corrected chi connectivity index (χ3v) is 5.02. The molecule has 1 heterocycles. The zero-order valence-corrected chi connectivity index (χ0v) is 15.8. The van der Waals surface area contributed by atoms with Crippen LogP contribution in [-0.2, 0) is 26.5 Å². The van der Waals surface area contributed by atoms with Crippen molar-refractivity contribution in [1.82, 2.24) is 5.48 Å². The molecule has 0 radical (unpaired) electrons. The second kappa shape index (κ2) is 9.97. The van der Waals surface area contributed by atoms with Gasteiger partial charge in [0.2, 0.25) is 0 Å². The number of hydroxylamine groups is 1. The van der Waals surface area contributed by atoms with E-state index in [-0.39, 0.29) is 6.61 Å². The van der Waals surface area contributed by atoms with Gasteiger partial charge < -0.3 is 14.6 Å². The average Bonchev–Trinajstić information content (AvgIpc) is 3.10. The molecule has 1 aliphatic rings. The van der Waals surface area contributed by atoms with Gasteiger partial charge in [-0.05, 0) is 24.8 Å². The van der Waals surface area contributed by atoms with E-state index in [9.17, 15) is 5.11 Å². The van der Waals surface area contributed by atoms with Crippen molar-refractivity contribution in [2.45, 2.75) is 43.6 Å². The minimum atomic E-state index is -0.914. The van der Waals surface area contributed by atoms with Gasteiger partial charge in [0.25, 0.3) is 0 Å². The number of aryl methyl sites for hydroxylation is 1. The monoisotopic (exact) mass is 371 g/mol. The molecule has 27 heavy (non-hydrogen) atoms. The first-order chi connectivity index (χ1) is 13.3. The number of hydrogen-bond acceptors (Lipinski definition) is 5. The molecule has 1 aliphatic heterocycles. The predicted molar refractivity (Wildman–Crippen MR) is 104 cm³/mol. The molecule has 0 bridgehead atoms. The second-order valence-electron chi connectivity index (χ2n) is 6.84. The standard InChI is InChI=1S/C22H29NO4/c1-25-21-20(17-24)27-23-22(21,19-14-8-3-9-15-19)26-16-10-4-7-13-18-11-5-2-6-12-18/h2-3,5-6,8-9,11-12,14-15,20-21,23-24H,4,7,10,13,16-17H2,1H3. The van der Waals surface area contributed by atoms with E-state index in [0.717, 1.165) is 31.2 Å². The molecule has 5 nitrogen and oxygen atoms in total. The van der Waals surface area contributed by atoms with Gasteiger partial charge in [0.1, 0.15) is 12.2 Å². The lowest BCUT2D eigenvalue weighted by atomic mass is 9.94. The van der Waals surface area contributed by atoms with E-state index in [2.05, 4.69) is 29.7 Å². The lowest BCUT2D eigenvalue weighted by Gasteiger charge is -2.34. The van der Waals surface area contributed by atoms with Gasteiger partial charge in [0.05, 0.1) is 6.61 Å². The van der Waals surface area contributed by atoms with Crippen LogP contribution in [0.15, 0.2) is 60.7 Å². The molecule has 146 valence electrons. The summed E-state index contributed by atoms with van der Waals surface area (Å²) in [6.07, 6.45) is 3.33. The van der Waals surface area contributed by atoms with Crippen LogP contribution < -0.4 is 5.48 Å². The molecule has 3 atom stereocenters. The van der Waals surface area contributed by atoms with Crippen molar-refractivity contribution < 1.29 is 19.4 Å². The Hall–Kier alpha value is -1.76. The Balaban J connectivity index is 1.56. The Kier molecular flexibility index (Phi) is 7.38. The van der Waals surface area contributed by atoms with Gasteiger partial charge in [-0.15, -0.1) is 0 Å². The lowest BCUT2D eigenvalue weighted by molar-refractivity contribution is -0.154. The van der Waals surface area contributed by atoms with Crippen LogP contribution in [0.25, 0.3) is 0 Å². The Morgan fingerprint density at radius 3 is 2.37 bits per heavy atom. The summed E-state index contributed by atoms with van der Waals surface area (Å²) in [5.74, 6) is 0. The minimum Gasteiger partial charge on any atom is -0.393 e. The van der Waals surface area contributed by atoms with E-state index < -0.39 is 17.9 Å². The number of ether oxygens (including phenoxy) is 2. The van der Waals surface area contributed by atoms with Gasteiger partial charge in [-0.2, -0.15) is 5.48 Å². The predicted octanol–water partition coefficient (Wildman–Crippen LogP) is 3.18. The van der Waals surface area contributed by atoms with Crippen molar-refractivity contribution >= 4 is 0 Å². The number of rotatable bonds is 10. The quantitative estimate of drug-likeness (QED) is 0.628. The fourth-order valence-electron chi connectivity index (χ4n) is 3.59. The molecule has 5 heteroatoms. The molecule has 1 saturated heterocycles. The normalized spacial score (nSPS) is 25.0. The van der Waals surface area contributed by atoms with Crippen LogP contribution >= 0.6 is 0 Å². The largest absolute Gasteiger partial charge is 0.393 e. The third kappa shape index (κ3) is 4.75. The van der Waals surface area contributed by atoms with Gasteiger partial charge in [-0.1, -0.05) is 67.1 Å². The number of aliphatic hydroxyl groups is 1. The summed E-state index contributed by atoms with van der Waals surface area (Å²) in [4.78, 5) is 5.56. The Labute approximate surface area is 161 Å². The molecule has 3 unspecified atom stereocenters. The van der Waals surface area contributed by atoms with Crippen molar-refractivity contribution in [3.8, 4) is 0 Å². The highest BCUT2D eigenvalue weighted by Gasteiger charge is 2.52. The molecule has 0 amide bonds. The van der Waals surface area contributed by atoms with Gasteiger partial charge in [0, 0.05) is 19.3 Å². The van der Waals surface area contributed by atoms with Crippen LogP contribution in [0, 0.1) is 0 Å². The summed E-state index contributed by atoms with van der Waals surface area (Å²) in [6.45, 7) is 0.443. The van der Waals surface area contributed by atoms with Gasteiger partial charge in [0.15, 0.2) is 5.72 Å². The smallest absolute Gasteiger partial charge is 0.195 e. The van der Waals surface area contributed by atoms with Crippen LogP contribution in [0.3, 0.4) is 0 Å². The lowest BCUT2D eigenvalue weighted by Crippen LogP contribution is -2.50. The molecule has 2 aromatic rings. The van der Waals surface area contributed by atoms with Gasteiger partial charge in [-0.3, -0.25) is 4.84 Å². The molecule has 0 aromatic heterocycles. The molecule has 0 saturated carbocycles. The number of benzene rings is 2. The zero-order chi connectivity index (χ0) is 19.0. The highest BCUT2D eigenvalue weighted by atomic mass is 16.7. The number of hydrogen-bond donors (Lipinski definition) is 2. The average molecular weight is 371 g/mol. The van der Waals surface area contributed by atoms with E-state index in [0.29, 0.717) is 6.61 Å². The topological polar surface area (TPSA) is 60.0 Å². The van der Waals surface area contributed by atoms with Crippen molar-refractivity contribution in [3.63, 3.8) is 0 Å². The maximum absolute atomic E-state index is 9.60. The summed E-state index contributed by atoms with van der Waals surface area (Å²) in [5.41, 5.74) is 4.38. The van der Waals surface area contributed by atoms with Crippen LogP contribution in [0.4, 0.5) is 0 Å². The van der Waals surface area contributed by atoms with Crippen molar-refractivity contribution in [2.24, 2.45) is 0 Å². The number of nitrogens with one attached hydrogen (secondary N) is 1. The second-order valence-corrected chi connectivity index (χ2v) is 6.84. The molecular weight excluding hydrogens is 342 g/mol. The fourth-order valence-corrected chi connectivity index (χ4v) is 3.59. The maximum Gasteiger partial charge on any atom is 0.195 e. The molecule has 2 N–H and O–H groups in total. The minimum absolute atomic E-state index is 0.138. The molecule has 1 fully saturated rings. The highest BCUT2D eigenvalue weighted by molar-refractivity contribution is 5.25. The SMILES string of the molecule is COC1C(CO)ONC1(OCCCCCc1ccccc1)c1ccccc1. The molecule has 2 aromatic carbocycles. The van der Waals surface area contributed by atoms with Crippen molar-refractivity contribution in [3.05, 3.63) is 71.8 Å². The molecule has 0 spiro atoms. The summed E-state index contributed by atoms with van der Waals surface area (Å²) in [7, 11) is 1.62. The number of methoxy groups -OCH3 is 1. The molecular formula is C22H29NO4. The van der Waals surface area contributed by atoms with Gasteiger partial charge in [-0.25, -0.2) is 0 Å².